The molecule has 44 heavy (non-hydrogen) atoms. The van der Waals surface area contributed by atoms with Crippen molar-refractivity contribution in [3.8, 4) is 23.1 Å². The molecule has 2 aromatic heterocycles. The number of benzene rings is 2. The zero-order valence-corrected chi connectivity index (χ0v) is 26.8. The molecule has 2 aromatic carbocycles. The molecule has 0 aliphatic carbocycles. The lowest BCUT2D eigenvalue weighted by molar-refractivity contribution is -0.130. The van der Waals surface area contributed by atoms with Crippen LogP contribution in [0.5, 0.6) is 5.88 Å². The Bertz CT molecular complexity index is 1820. The van der Waals surface area contributed by atoms with Crippen LogP contribution in [0.1, 0.15) is 43.7 Å². The van der Waals surface area contributed by atoms with E-state index in [4.69, 9.17) is 44.5 Å². The number of halogens is 3. The number of hydrogen-bond donors (Lipinski definition) is 0. The number of likely N-dealkylation sites (N-methyl/N-ethyl adjacent to an activating group) is 1. The summed E-state index contributed by atoms with van der Waals surface area (Å²) < 4.78 is 8.25. The summed E-state index contributed by atoms with van der Waals surface area (Å²) in [4.78, 5) is 21.5. The number of carbonyl (C=O) groups excluding carboxylic acids is 1. The summed E-state index contributed by atoms with van der Waals surface area (Å²) >= 11 is 20.9. The van der Waals surface area contributed by atoms with Crippen molar-refractivity contribution < 1.29 is 9.53 Å². The summed E-state index contributed by atoms with van der Waals surface area (Å²) in [5, 5.41) is 20.7. The summed E-state index contributed by atoms with van der Waals surface area (Å²) in [6.45, 7) is 7.49. The largest absolute Gasteiger partial charge is 0.474 e. The second kappa shape index (κ2) is 12.5. The second-order valence-electron chi connectivity index (χ2n) is 11.5. The van der Waals surface area contributed by atoms with Crippen LogP contribution in [0.3, 0.4) is 0 Å². The fourth-order valence-electron chi connectivity index (χ4n) is 6.51. The van der Waals surface area contributed by atoms with E-state index < -0.39 is 0 Å². The third kappa shape index (κ3) is 5.39. The summed E-state index contributed by atoms with van der Waals surface area (Å²) in [5.41, 5.74) is 3.91. The SMILES string of the molecule is C=CC(=O)N1CC[C@H](n2nnc3c(OC[C@@H]4CCCN4C)nc4c(Cl)c(-c5cccc(C)c5Cl)c(Cl)cc4c32)C[C@H]1CC#N. The Kier molecular flexibility index (Phi) is 8.71. The van der Waals surface area contributed by atoms with Crippen molar-refractivity contribution in [3.63, 3.8) is 0 Å². The highest BCUT2D eigenvalue weighted by molar-refractivity contribution is 6.45. The topological polar surface area (TPSA) is 100 Å². The second-order valence-corrected chi connectivity index (χ2v) is 12.7. The maximum Gasteiger partial charge on any atom is 0.246 e. The summed E-state index contributed by atoms with van der Waals surface area (Å²) in [6, 6.07) is 9.63. The molecule has 2 saturated heterocycles. The Morgan fingerprint density at radius 1 is 1.18 bits per heavy atom. The van der Waals surface area contributed by atoms with Gasteiger partial charge in [0.2, 0.25) is 11.8 Å². The number of nitrogens with zero attached hydrogens (tertiary/aromatic N) is 7. The lowest BCUT2D eigenvalue weighted by atomic mass is 9.94. The monoisotopic (exact) mass is 651 g/mol. The smallest absolute Gasteiger partial charge is 0.246 e. The van der Waals surface area contributed by atoms with E-state index >= 15 is 0 Å². The molecule has 4 heterocycles. The Balaban J connectivity index is 1.52. The first-order valence-corrected chi connectivity index (χ1v) is 15.8. The van der Waals surface area contributed by atoms with Crippen LogP contribution in [0.15, 0.2) is 36.9 Å². The zero-order valence-electron chi connectivity index (χ0n) is 24.6. The van der Waals surface area contributed by atoms with E-state index in [9.17, 15) is 10.1 Å². The standard InChI is InChI=1S/C32H32Cl3N7O2/c1-4-25(43)41-14-11-20(15-19(41)10-12-36)42-31-23-16-24(33)26(22-9-5-7-18(2)27(22)34)28(35)29(23)37-32(30(31)38-39-42)44-17-21-8-6-13-40(21)3/h4-5,7,9,16,19-21H,1,6,8,10-11,13-15,17H2,2-3H3/t19-,20+,21+/m1/s1. The zero-order chi connectivity index (χ0) is 31.1. The Labute approximate surface area is 270 Å². The molecular weight excluding hydrogens is 621 g/mol. The maximum absolute atomic E-state index is 12.5. The molecule has 2 fully saturated rings. The number of fused-ring (bicyclic) bond motifs is 3. The minimum absolute atomic E-state index is 0.143. The molecule has 12 heteroatoms. The number of aryl methyl sites for hydroxylation is 1. The van der Waals surface area contributed by atoms with E-state index in [1.54, 1.807) is 4.90 Å². The molecule has 0 N–H and O–H groups in total. The molecule has 0 saturated carbocycles. The van der Waals surface area contributed by atoms with Gasteiger partial charge in [-0.15, -0.1) is 5.10 Å². The van der Waals surface area contributed by atoms with E-state index in [1.807, 2.05) is 35.9 Å². The van der Waals surface area contributed by atoms with Crippen LogP contribution >= 0.6 is 34.8 Å². The number of piperidine rings is 1. The van der Waals surface area contributed by atoms with Crippen LogP contribution in [-0.4, -0.2) is 74.5 Å². The van der Waals surface area contributed by atoms with E-state index in [-0.39, 0.29) is 30.5 Å². The number of ether oxygens (including phenoxy) is 1. The first-order valence-electron chi connectivity index (χ1n) is 14.7. The van der Waals surface area contributed by atoms with Crippen molar-refractivity contribution >= 4 is 62.6 Å². The molecule has 2 aliphatic rings. The predicted octanol–water partition coefficient (Wildman–Crippen LogP) is 7.02. The fraction of sp³-hybridized carbons (Fsp3) is 0.406. The van der Waals surface area contributed by atoms with Crippen LogP contribution in [0.2, 0.25) is 15.1 Å². The molecule has 6 rings (SSSR count). The van der Waals surface area contributed by atoms with Gasteiger partial charge in [-0.1, -0.05) is 64.8 Å². The number of aromatic nitrogens is 4. The van der Waals surface area contributed by atoms with Gasteiger partial charge in [-0.3, -0.25) is 4.79 Å². The predicted molar refractivity (Wildman–Crippen MR) is 173 cm³/mol. The number of carbonyl (C=O) groups is 1. The number of likely N-dealkylation sites (tertiary alicyclic amines) is 2. The summed E-state index contributed by atoms with van der Waals surface area (Å²) in [6.07, 6.45) is 4.79. The lowest BCUT2D eigenvalue weighted by Gasteiger charge is -2.38. The van der Waals surface area contributed by atoms with Gasteiger partial charge in [0, 0.05) is 35.1 Å². The first kappa shape index (κ1) is 30.6. The van der Waals surface area contributed by atoms with Crippen LogP contribution < -0.4 is 4.74 Å². The molecule has 2 aliphatic heterocycles. The number of pyridine rings is 1. The van der Waals surface area contributed by atoms with Crippen molar-refractivity contribution in [2.24, 2.45) is 0 Å². The van der Waals surface area contributed by atoms with E-state index in [1.165, 1.54) is 6.08 Å². The molecule has 3 atom stereocenters. The van der Waals surface area contributed by atoms with Crippen LogP contribution in [0.4, 0.5) is 0 Å². The molecule has 228 valence electrons. The van der Waals surface area contributed by atoms with Gasteiger partial charge in [0.25, 0.3) is 0 Å². The summed E-state index contributed by atoms with van der Waals surface area (Å²) in [5.74, 6) is 0.160. The Hall–Kier alpha value is -3.42. The maximum atomic E-state index is 12.5. The lowest BCUT2D eigenvalue weighted by Crippen LogP contribution is -2.45. The van der Waals surface area contributed by atoms with Gasteiger partial charge in [-0.2, -0.15) is 5.26 Å². The molecule has 0 spiro atoms. The van der Waals surface area contributed by atoms with Crippen LogP contribution in [0.25, 0.3) is 33.1 Å². The average molecular weight is 653 g/mol. The first-order chi connectivity index (χ1) is 21.2. The van der Waals surface area contributed by atoms with E-state index in [0.717, 1.165) is 24.9 Å². The Morgan fingerprint density at radius 2 is 2.00 bits per heavy atom. The highest BCUT2D eigenvalue weighted by Gasteiger charge is 2.34. The minimum atomic E-state index is -0.285. The van der Waals surface area contributed by atoms with Gasteiger partial charge < -0.3 is 14.5 Å². The quantitative estimate of drug-likeness (QED) is 0.198. The fourth-order valence-corrected chi connectivity index (χ4v) is 7.43. The van der Waals surface area contributed by atoms with Gasteiger partial charge in [0.1, 0.15) is 12.1 Å². The van der Waals surface area contributed by atoms with Crippen molar-refractivity contribution in [2.45, 2.75) is 57.2 Å². The van der Waals surface area contributed by atoms with Crippen LogP contribution in [-0.2, 0) is 4.79 Å². The number of hydrogen-bond acceptors (Lipinski definition) is 7. The molecule has 0 unspecified atom stereocenters. The normalized spacial score (nSPS) is 20.7. The minimum Gasteiger partial charge on any atom is -0.474 e. The van der Waals surface area contributed by atoms with Crippen molar-refractivity contribution in [2.75, 3.05) is 26.7 Å². The third-order valence-corrected chi connectivity index (χ3v) is 10.1. The van der Waals surface area contributed by atoms with Crippen molar-refractivity contribution in [3.05, 3.63) is 57.6 Å². The third-order valence-electron chi connectivity index (χ3n) is 8.92. The number of rotatable bonds is 7. The number of amides is 1. The summed E-state index contributed by atoms with van der Waals surface area (Å²) in [7, 11) is 2.10. The van der Waals surface area contributed by atoms with Crippen molar-refractivity contribution in [1.29, 1.82) is 5.26 Å². The van der Waals surface area contributed by atoms with Crippen molar-refractivity contribution in [1.82, 2.24) is 29.8 Å². The van der Waals surface area contributed by atoms with Gasteiger partial charge in [-0.25, -0.2) is 9.67 Å². The molecule has 1 amide bonds. The molecular formula is C32H32Cl3N7O2. The molecule has 0 bridgehead atoms. The van der Waals surface area contributed by atoms with Gasteiger partial charge in [0.15, 0.2) is 5.52 Å². The molecule has 4 aromatic rings. The molecule has 0 radical (unpaired) electrons. The van der Waals surface area contributed by atoms with Crippen LogP contribution in [0, 0.1) is 18.3 Å². The van der Waals surface area contributed by atoms with Gasteiger partial charge in [-0.05, 0) is 63.9 Å². The molecule has 9 nitrogen and oxygen atoms in total. The van der Waals surface area contributed by atoms with E-state index in [0.29, 0.717) is 80.0 Å². The average Bonchev–Trinajstić information content (AvgIpc) is 3.65. The van der Waals surface area contributed by atoms with E-state index in [2.05, 4.69) is 34.9 Å². The Morgan fingerprint density at radius 3 is 2.73 bits per heavy atom. The highest BCUT2D eigenvalue weighted by atomic mass is 35.5. The van der Waals surface area contributed by atoms with Gasteiger partial charge >= 0.3 is 0 Å². The van der Waals surface area contributed by atoms with Gasteiger partial charge in [0.05, 0.1) is 39.1 Å². The number of nitriles is 1. The highest BCUT2D eigenvalue weighted by Crippen LogP contribution is 2.46.